The molecule has 1 N–H and O–H groups in total. The smallest absolute Gasteiger partial charge is 0.269 e. The molecular weight excluding hydrogens is 178 g/mol. The maximum atomic E-state index is 11.6. The molecule has 0 spiro atoms. The molecule has 1 saturated heterocycles. The van der Waals surface area contributed by atoms with E-state index in [1.807, 2.05) is 13.8 Å². The molecule has 2 rings (SSSR count). The lowest BCUT2D eigenvalue weighted by atomic mass is 10.0. The number of anilines is 1. The Bertz CT molecular complexity index is 379. The van der Waals surface area contributed by atoms with Crippen LogP contribution in [0.25, 0.3) is 0 Å². The van der Waals surface area contributed by atoms with Crippen molar-refractivity contribution < 1.29 is 0 Å². The van der Waals surface area contributed by atoms with E-state index in [0.717, 1.165) is 24.3 Å². The quantitative estimate of drug-likeness (QED) is 0.765. The van der Waals surface area contributed by atoms with Crippen LogP contribution in [-0.2, 0) is 0 Å². The molecule has 0 aromatic carbocycles. The van der Waals surface area contributed by atoms with Gasteiger partial charge in [0.1, 0.15) is 0 Å². The van der Waals surface area contributed by atoms with Crippen molar-refractivity contribution in [1.29, 1.82) is 0 Å². The topological polar surface area (TPSA) is 49.0 Å². The van der Waals surface area contributed by atoms with E-state index >= 15 is 0 Å². The van der Waals surface area contributed by atoms with Crippen LogP contribution in [0.1, 0.15) is 31.7 Å². The van der Waals surface area contributed by atoms with Gasteiger partial charge >= 0.3 is 0 Å². The number of hydrogen-bond acceptors (Lipinski definition) is 3. The molecule has 0 aliphatic carbocycles. The molecule has 1 aliphatic heterocycles. The van der Waals surface area contributed by atoms with Crippen molar-refractivity contribution in [2.24, 2.45) is 0 Å². The van der Waals surface area contributed by atoms with Crippen LogP contribution in [0.4, 0.5) is 5.69 Å². The summed E-state index contributed by atoms with van der Waals surface area (Å²) < 4.78 is 0. The molecule has 4 heteroatoms. The summed E-state index contributed by atoms with van der Waals surface area (Å²) in [6.45, 7) is 6.16. The molecule has 1 aliphatic rings. The van der Waals surface area contributed by atoms with Gasteiger partial charge in [0.25, 0.3) is 5.56 Å². The van der Waals surface area contributed by atoms with Gasteiger partial charge in [-0.3, -0.25) is 4.79 Å². The second-order valence-electron chi connectivity index (χ2n) is 3.99. The highest BCUT2D eigenvalue weighted by Crippen LogP contribution is 2.26. The summed E-state index contributed by atoms with van der Waals surface area (Å²) in [5, 5.41) is 6.34. The summed E-state index contributed by atoms with van der Waals surface area (Å²) in [6, 6.07) is 0. The minimum Gasteiger partial charge on any atom is -0.370 e. The minimum atomic E-state index is -0.0515. The fourth-order valence-electron chi connectivity index (χ4n) is 1.77. The van der Waals surface area contributed by atoms with Gasteiger partial charge in [0, 0.05) is 18.7 Å². The van der Waals surface area contributed by atoms with Crippen molar-refractivity contribution in [2.45, 2.75) is 26.2 Å². The largest absolute Gasteiger partial charge is 0.370 e. The molecule has 1 aromatic heterocycles. The lowest BCUT2D eigenvalue weighted by molar-refractivity contribution is 0.608. The first-order chi connectivity index (χ1) is 6.70. The Balaban J connectivity index is 2.47. The Morgan fingerprint density at radius 1 is 1.50 bits per heavy atom. The van der Waals surface area contributed by atoms with Crippen LogP contribution in [0.3, 0.4) is 0 Å². The molecule has 14 heavy (non-hydrogen) atoms. The van der Waals surface area contributed by atoms with Crippen molar-refractivity contribution in [2.75, 3.05) is 18.0 Å². The van der Waals surface area contributed by atoms with Crippen molar-refractivity contribution >= 4 is 5.69 Å². The Labute approximate surface area is 82.9 Å². The standard InChI is InChI=1S/C10H15N3O/c1-7(2)9-8(13-4-3-5-13)6-11-12-10(9)14/h6-7H,3-5H2,1-2H3,(H,12,14). The van der Waals surface area contributed by atoms with Gasteiger partial charge in [-0.25, -0.2) is 5.10 Å². The van der Waals surface area contributed by atoms with Gasteiger partial charge in [-0.15, -0.1) is 0 Å². The molecule has 1 aromatic rings. The van der Waals surface area contributed by atoms with Crippen LogP contribution in [-0.4, -0.2) is 23.3 Å². The van der Waals surface area contributed by atoms with Gasteiger partial charge in [0.05, 0.1) is 11.9 Å². The zero-order valence-corrected chi connectivity index (χ0v) is 8.58. The van der Waals surface area contributed by atoms with Crippen LogP contribution in [0.15, 0.2) is 11.0 Å². The highest BCUT2D eigenvalue weighted by atomic mass is 16.1. The van der Waals surface area contributed by atoms with E-state index in [9.17, 15) is 4.79 Å². The molecule has 4 nitrogen and oxygen atoms in total. The average Bonchev–Trinajstić information content (AvgIpc) is 1.99. The predicted octanol–water partition coefficient (Wildman–Crippen LogP) is 1.10. The number of hydrogen-bond donors (Lipinski definition) is 1. The van der Waals surface area contributed by atoms with Gasteiger partial charge in [-0.2, -0.15) is 5.10 Å². The average molecular weight is 193 g/mol. The molecule has 0 radical (unpaired) electrons. The molecule has 0 amide bonds. The lowest BCUT2D eigenvalue weighted by Crippen LogP contribution is -2.39. The third-order valence-corrected chi connectivity index (χ3v) is 2.65. The summed E-state index contributed by atoms with van der Waals surface area (Å²) in [5.41, 5.74) is 1.82. The van der Waals surface area contributed by atoms with Gasteiger partial charge in [0.2, 0.25) is 0 Å². The van der Waals surface area contributed by atoms with Crippen molar-refractivity contribution in [1.82, 2.24) is 10.2 Å². The van der Waals surface area contributed by atoms with Crippen molar-refractivity contribution in [3.63, 3.8) is 0 Å². The normalized spacial score (nSPS) is 15.8. The number of nitrogens with zero attached hydrogens (tertiary/aromatic N) is 2. The zero-order valence-electron chi connectivity index (χ0n) is 8.58. The SMILES string of the molecule is CC(C)c1c(N2CCC2)cn[nH]c1=O. The third-order valence-electron chi connectivity index (χ3n) is 2.65. The molecule has 0 saturated carbocycles. The van der Waals surface area contributed by atoms with Gasteiger partial charge in [0.15, 0.2) is 0 Å². The maximum absolute atomic E-state index is 11.6. The van der Waals surface area contributed by atoms with E-state index in [1.165, 1.54) is 6.42 Å². The first-order valence-corrected chi connectivity index (χ1v) is 5.02. The fourth-order valence-corrected chi connectivity index (χ4v) is 1.77. The summed E-state index contributed by atoms with van der Waals surface area (Å²) in [6.07, 6.45) is 2.97. The van der Waals surface area contributed by atoms with E-state index in [0.29, 0.717) is 0 Å². The van der Waals surface area contributed by atoms with E-state index in [4.69, 9.17) is 0 Å². The van der Waals surface area contributed by atoms with Crippen molar-refractivity contribution in [3.8, 4) is 0 Å². The molecule has 76 valence electrons. The van der Waals surface area contributed by atoms with Gasteiger partial charge in [-0.05, 0) is 12.3 Å². The van der Waals surface area contributed by atoms with E-state index in [1.54, 1.807) is 6.20 Å². The molecular formula is C10H15N3O. The lowest BCUT2D eigenvalue weighted by Gasteiger charge is -2.34. The summed E-state index contributed by atoms with van der Waals surface area (Å²) in [4.78, 5) is 13.8. The summed E-state index contributed by atoms with van der Waals surface area (Å²) in [7, 11) is 0. The van der Waals surface area contributed by atoms with E-state index in [-0.39, 0.29) is 11.5 Å². The van der Waals surface area contributed by atoms with Gasteiger partial charge < -0.3 is 4.90 Å². The Morgan fingerprint density at radius 2 is 2.21 bits per heavy atom. The first kappa shape index (κ1) is 9.24. The monoisotopic (exact) mass is 193 g/mol. The molecule has 0 bridgehead atoms. The number of H-pyrrole nitrogens is 1. The predicted molar refractivity (Wildman–Crippen MR) is 55.8 cm³/mol. The minimum absolute atomic E-state index is 0.0515. The number of rotatable bonds is 2. The summed E-state index contributed by atoms with van der Waals surface area (Å²) in [5.74, 6) is 0.248. The van der Waals surface area contributed by atoms with Crippen LogP contribution in [0, 0.1) is 0 Å². The number of aromatic nitrogens is 2. The molecule has 0 atom stereocenters. The summed E-state index contributed by atoms with van der Waals surface area (Å²) >= 11 is 0. The number of nitrogens with one attached hydrogen (secondary N) is 1. The molecule has 1 fully saturated rings. The zero-order chi connectivity index (χ0) is 10.1. The maximum Gasteiger partial charge on any atom is 0.269 e. The molecule has 2 heterocycles. The Kier molecular flexibility index (Phi) is 2.27. The second-order valence-corrected chi connectivity index (χ2v) is 3.99. The van der Waals surface area contributed by atoms with E-state index < -0.39 is 0 Å². The highest BCUT2D eigenvalue weighted by molar-refractivity contribution is 5.53. The third kappa shape index (κ3) is 1.41. The van der Waals surface area contributed by atoms with Crippen LogP contribution >= 0.6 is 0 Å². The second kappa shape index (κ2) is 3.44. The number of aromatic amines is 1. The fraction of sp³-hybridized carbons (Fsp3) is 0.600. The van der Waals surface area contributed by atoms with Gasteiger partial charge in [-0.1, -0.05) is 13.8 Å². The molecule has 0 unspecified atom stereocenters. The first-order valence-electron chi connectivity index (χ1n) is 5.02. The Hall–Kier alpha value is -1.32. The van der Waals surface area contributed by atoms with Crippen LogP contribution in [0.2, 0.25) is 0 Å². The Morgan fingerprint density at radius 3 is 2.71 bits per heavy atom. The van der Waals surface area contributed by atoms with Crippen LogP contribution in [0.5, 0.6) is 0 Å². The van der Waals surface area contributed by atoms with Crippen LogP contribution < -0.4 is 10.5 Å². The van der Waals surface area contributed by atoms with E-state index in [2.05, 4.69) is 15.1 Å². The van der Waals surface area contributed by atoms with Crippen molar-refractivity contribution in [3.05, 3.63) is 22.1 Å². The highest BCUT2D eigenvalue weighted by Gasteiger charge is 2.21.